The van der Waals surface area contributed by atoms with E-state index in [1.165, 1.54) is 5.56 Å². The Hall–Kier alpha value is -2.82. The first kappa shape index (κ1) is 18.5. The molecule has 1 amide bonds. The minimum absolute atomic E-state index is 0.232. The average Bonchev–Trinajstić information content (AvgIpc) is 3.17. The van der Waals surface area contributed by atoms with Crippen molar-refractivity contribution in [1.29, 1.82) is 0 Å². The Morgan fingerprint density at radius 3 is 2.64 bits per heavy atom. The van der Waals surface area contributed by atoms with Crippen molar-refractivity contribution in [2.24, 2.45) is 0 Å². The molecule has 146 valence electrons. The van der Waals surface area contributed by atoms with E-state index in [0.717, 1.165) is 55.0 Å². The second kappa shape index (κ2) is 8.46. The van der Waals surface area contributed by atoms with Crippen LogP contribution in [0.4, 0.5) is 0 Å². The Bertz CT molecular complexity index is 891. The lowest BCUT2D eigenvalue weighted by Gasteiger charge is -2.31. The van der Waals surface area contributed by atoms with E-state index in [4.69, 9.17) is 9.72 Å². The minimum Gasteiger partial charge on any atom is -0.494 e. The number of fused-ring (bicyclic) bond motifs is 1. The summed E-state index contributed by atoms with van der Waals surface area (Å²) in [5.41, 5.74) is 3.32. The van der Waals surface area contributed by atoms with E-state index in [-0.39, 0.29) is 5.91 Å². The van der Waals surface area contributed by atoms with Gasteiger partial charge >= 0.3 is 0 Å². The third-order valence-corrected chi connectivity index (χ3v) is 5.47. The molecule has 5 heteroatoms. The van der Waals surface area contributed by atoms with Crippen LogP contribution in [0.5, 0.6) is 5.75 Å². The maximum Gasteiger partial charge on any atom is 0.222 e. The van der Waals surface area contributed by atoms with Gasteiger partial charge in [0, 0.05) is 25.4 Å². The highest BCUT2D eigenvalue weighted by Gasteiger charge is 2.25. The number of nitrogens with one attached hydrogen (secondary N) is 1. The van der Waals surface area contributed by atoms with Gasteiger partial charge in [0.1, 0.15) is 11.6 Å². The zero-order valence-corrected chi connectivity index (χ0v) is 16.4. The van der Waals surface area contributed by atoms with Crippen LogP contribution in [-0.4, -0.2) is 40.5 Å². The van der Waals surface area contributed by atoms with Crippen LogP contribution < -0.4 is 4.74 Å². The number of hydrogen-bond acceptors (Lipinski definition) is 3. The van der Waals surface area contributed by atoms with Crippen LogP contribution in [0.3, 0.4) is 0 Å². The van der Waals surface area contributed by atoms with Crippen molar-refractivity contribution >= 4 is 16.9 Å². The minimum atomic E-state index is 0.232. The van der Waals surface area contributed by atoms with E-state index >= 15 is 0 Å². The molecular formula is C23H27N3O2. The van der Waals surface area contributed by atoms with Crippen molar-refractivity contribution in [3.8, 4) is 5.75 Å². The number of hydrogen-bond donors (Lipinski definition) is 1. The monoisotopic (exact) mass is 377 g/mol. The summed E-state index contributed by atoms with van der Waals surface area (Å²) >= 11 is 0. The number of carbonyl (C=O) groups is 1. The second-order valence-electron chi connectivity index (χ2n) is 7.56. The number of nitrogens with zero attached hydrogens (tertiary/aromatic N) is 2. The standard InChI is InChI=1S/C23H27N3O2/c1-17-8-10-19(11-9-17)28-16-4-7-22(27)26-14-12-18(13-15-26)23-24-20-5-2-3-6-21(20)25-23/h2-3,5-6,8-11,18H,4,7,12-16H2,1H3,(H,24,25). The Morgan fingerprint density at radius 1 is 1.14 bits per heavy atom. The van der Waals surface area contributed by atoms with Gasteiger partial charge < -0.3 is 14.6 Å². The van der Waals surface area contributed by atoms with E-state index in [9.17, 15) is 4.79 Å². The van der Waals surface area contributed by atoms with Crippen molar-refractivity contribution in [3.05, 3.63) is 59.9 Å². The van der Waals surface area contributed by atoms with Gasteiger partial charge in [-0.1, -0.05) is 29.8 Å². The van der Waals surface area contributed by atoms with Crippen LogP contribution in [-0.2, 0) is 4.79 Å². The fourth-order valence-corrected chi connectivity index (χ4v) is 3.77. The van der Waals surface area contributed by atoms with Crippen LogP contribution in [0, 0.1) is 6.92 Å². The molecule has 5 nitrogen and oxygen atoms in total. The van der Waals surface area contributed by atoms with Gasteiger partial charge in [-0.05, 0) is 50.5 Å². The van der Waals surface area contributed by atoms with Crippen molar-refractivity contribution in [2.45, 2.75) is 38.5 Å². The number of aromatic nitrogens is 2. The van der Waals surface area contributed by atoms with Gasteiger partial charge in [0.2, 0.25) is 5.91 Å². The molecule has 1 aliphatic rings. The lowest BCUT2D eigenvalue weighted by molar-refractivity contribution is -0.132. The highest BCUT2D eigenvalue weighted by molar-refractivity contribution is 5.76. The van der Waals surface area contributed by atoms with Crippen LogP contribution in [0.25, 0.3) is 11.0 Å². The molecule has 0 spiro atoms. The zero-order valence-electron chi connectivity index (χ0n) is 16.4. The summed E-state index contributed by atoms with van der Waals surface area (Å²) in [5, 5.41) is 0. The third kappa shape index (κ3) is 4.35. The van der Waals surface area contributed by atoms with E-state index in [1.807, 2.05) is 47.4 Å². The predicted molar refractivity (Wildman–Crippen MR) is 111 cm³/mol. The largest absolute Gasteiger partial charge is 0.494 e. The average molecular weight is 377 g/mol. The first-order valence-corrected chi connectivity index (χ1v) is 10.1. The van der Waals surface area contributed by atoms with Gasteiger partial charge in [-0.3, -0.25) is 4.79 Å². The van der Waals surface area contributed by atoms with E-state index in [1.54, 1.807) is 0 Å². The molecule has 1 saturated heterocycles. The molecule has 1 N–H and O–H groups in total. The molecule has 0 unspecified atom stereocenters. The van der Waals surface area contributed by atoms with Crippen molar-refractivity contribution < 1.29 is 9.53 Å². The molecule has 4 rings (SSSR count). The van der Waals surface area contributed by atoms with E-state index in [0.29, 0.717) is 18.9 Å². The van der Waals surface area contributed by atoms with Gasteiger partial charge in [0.25, 0.3) is 0 Å². The summed E-state index contributed by atoms with van der Waals surface area (Å²) in [6.45, 7) is 4.24. The first-order chi connectivity index (χ1) is 13.7. The van der Waals surface area contributed by atoms with Crippen LogP contribution in [0.2, 0.25) is 0 Å². The molecule has 1 aliphatic heterocycles. The lowest BCUT2D eigenvalue weighted by atomic mass is 9.96. The highest BCUT2D eigenvalue weighted by atomic mass is 16.5. The van der Waals surface area contributed by atoms with Gasteiger partial charge in [-0.15, -0.1) is 0 Å². The smallest absolute Gasteiger partial charge is 0.222 e. The number of amides is 1. The van der Waals surface area contributed by atoms with E-state index in [2.05, 4.69) is 18.0 Å². The number of aromatic amines is 1. The number of rotatable bonds is 6. The Morgan fingerprint density at radius 2 is 1.89 bits per heavy atom. The molecule has 3 aromatic rings. The quantitative estimate of drug-likeness (QED) is 0.646. The molecular weight excluding hydrogens is 350 g/mol. The molecule has 2 aromatic carbocycles. The van der Waals surface area contributed by atoms with Crippen LogP contribution in [0.15, 0.2) is 48.5 Å². The third-order valence-electron chi connectivity index (χ3n) is 5.47. The van der Waals surface area contributed by atoms with Crippen LogP contribution in [0.1, 0.15) is 43.0 Å². The normalized spacial score (nSPS) is 15.1. The Kier molecular flexibility index (Phi) is 5.60. The SMILES string of the molecule is Cc1ccc(OCCCC(=O)N2CCC(c3nc4ccccc4[nH]3)CC2)cc1. The fraction of sp³-hybridized carbons (Fsp3) is 0.391. The molecule has 0 bridgehead atoms. The zero-order chi connectivity index (χ0) is 19.3. The summed E-state index contributed by atoms with van der Waals surface area (Å²) in [7, 11) is 0. The Labute approximate surface area is 165 Å². The number of ether oxygens (including phenoxy) is 1. The fourth-order valence-electron chi connectivity index (χ4n) is 3.77. The number of benzene rings is 2. The number of para-hydroxylation sites is 2. The number of imidazole rings is 1. The lowest BCUT2D eigenvalue weighted by Crippen LogP contribution is -2.38. The van der Waals surface area contributed by atoms with E-state index < -0.39 is 0 Å². The molecule has 0 atom stereocenters. The summed E-state index contributed by atoms with van der Waals surface area (Å²) in [6, 6.07) is 16.1. The van der Waals surface area contributed by atoms with Gasteiger partial charge in [0.15, 0.2) is 0 Å². The van der Waals surface area contributed by atoms with Gasteiger partial charge in [-0.2, -0.15) is 0 Å². The summed E-state index contributed by atoms with van der Waals surface area (Å²) in [5.74, 6) is 2.56. The molecule has 1 aromatic heterocycles. The molecule has 1 fully saturated rings. The maximum atomic E-state index is 12.5. The van der Waals surface area contributed by atoms with Crippen molar-refractivity contribution in [3.63, 3.8) is 0 Å². The highest BCUT2D eigenvalue weighted by Crippen LogP contribution is 2.28. The summed E-state index contributed by atoms with van der Waals surface area (Å²) < 4.78 is 5.72. The molecule has 28 heavy (non-hydrogen) atoms. The van der Waals surface area contributed by atoms with Crippen molar-refractivity contribution in [1.82, 2.24) is 14.9 Å². The number of aryl methyl sites for hydroxylation is 1. The topological polar surface area (TPSA) is 58.2 Å². The number of likely N-dealkylation sites (tertiary alicyclic amines) is 1. The first-order valence-electron chi connectivity index (χ1n) is 10.1. The maximum absolute atomic E-state index is 12.5. The Balaban J connectivity index is 1.21. The molecule has 0 saturated carbocycles. The molecule has 2 heterocycles. The summed E-state index contributed by atoms with van der Waals surface area (Å²) in [6.07, 6.45) is 3.22. The number of H-pyrrole nitrogens is 1. The van der Waals surface area contributed by atoms with Crippen molar-refractivity contribution in [2.75, 3.05) is 19.7 Å². The number of carbonyl (C=O) groups excluding carboxylic acids is 1. The van der Waals surface area contributed by atoms with Crippen LogP contribution >= 0.6 is 0 Å². The second-order valence-corrected chi connectivity index (χ2v) is 7.56. The summed E-state index contributed by atoms with van der Waals surface area (Å²) in [4.78, 5) is 22.6. The van der Waals surface area contributed by atoms with Gasteiger partial charge in [0.05, 0.1) is 17.6 Å². The number of piperidine rings is 1. The molecule has 0 aliphatic carbocycles. The van der Waals surface area contributed by atoms with Gasteiger partial charge in [-0.25, -0.2) is 4.98 Å². The molecule has 0 radical (unpaired) electrons. The predicted octanol–water partition coefficient (Wildman–Crippen LogP) is 4.44.